The lowest BCUT2D eigenvalue weighted by Crippen LogP contribution is -2.40. The molecule has 1 atom stereocenters. The summed E-state index contributed by atoms with van der Waals surface area (Å²) >= 11 is 5.84. The highest BCUT2D eigenvalue weighted by molar-refractivity contribution is 7.91. The van der Waals surface area contributed by atoms with E-state index < -0.39 is 26.7 Å². The molecule has 0 N–H and O–H groups in total. The highest BCUT2D eigenvalue weighted by Crippen LogP contribution is 2.28. The van der Waals surface area contributed by atoms with E-state index in [1.807, 2.05) is 31.2 Å². The van der Waals surface area contributed by atoms with Gasteiger partial charge in [0, 0.05) is 24.2 Å². The standard InChI is InChI=1S/C19H19ClN2O5S/c1-13-2-4-14(5-3-13)11-21(16-8-9-28(26,27)12-16)19(23)15-6-7-17(20)18(10-15)22(24)25/h2-7,10,16H,8-9,11-12H2,1H3. The van der Waals surface area contributed by atoms with Crippen molar-refractivity contribution in [1.82, 2.24) is 4.90 Å². The van der Waals surface area contributed by atoms with E-state index in [9.17, 15) is 23.3 Å². The van der Waals surface area contributed by atoms with Crippen LogP contribution >= 0.6 is 11.6 Å². The third-order valence-corrected chi connectivity index (χ3v) is 6.84. The highest BCUT2D eigenvalue weighted by atomic mass is 35.5. The monoisotopic (exact) mass is 422 g/mol. The molecule has 0 bridgehead atoms. The van der Waals surface area contributed by atoms with Gasteiger partial charge in [0.25, 0.3) is 11.6 Å². The lowest BCUT2D eigenvalue weighted by atomic mass is 10.1. The number of amides is 1. The van der Waals surface area contributed by atoms with Crippen molar-refractivity contribution in [2.24, 2.45) is 0 Å². The van der Waals surface area contributed by atoms with Gasteiger partial charge in [-0.2, -0.15) is 0 Å². The number of carbonyl (C=O) groups excluding carboxylic acids is 1. The number of sulfone groups is 1. The van der Waals surface area contributed by atoms with Crippen LogP contribution in [-0.4, -0.2) is 41.7 Å². The van der Waals surface area contributed by atoms with Gasteiger partial charge in [0.1, 0.15) is 5.02 Å². The van der Waals surface area contributed by atoms with Gasteiger partial charge in [-0.3, -0.25) is 14.9 Å². The van der Waals surface area contributed by atoms with Gasteiger partial charge in [0.05, 0.1) is 16.4 Å². The minimum absolute atomic E-state index is 0.0239. The van der Waals surface area contributed by atoms with E-state index in [1.54, 1.807) is 0 Å². The summed E-state index contributed by atoms with van der Waals surface area (Å²) in [5.41, 5.74) is 1.67. The molecule has 2 aromatic rings. The number of aryl methyl sites for hydroxylation is 1. The summed E-state index contributed by atoms with van der Waals surface area (Å²) in [6.45, 7) is 2.17. The molecule has 9 heteroatoms. The Labute approximate surface area is 168 Å². The van der Waals surface area contributed by atoms with Crippen LogP contribution in [0, 0.1) is 17.0 Å². The molecule has 1 fully saturated rings. The molecule has 1 aliphatic heterocycles. The Morgan fingerprint density at radius 3 is 2.50 bits per heavy atom. The Morgan fingerprint density at radius 2 is 1.93 bits per heavy atom. The summed E-state index contributed by atoms with van der Waals surface area (Å²) in [7, 11) is -3.21. The lowest BCUT2D eigenvalue weighted by Gasteiger charge is -2.28. The van der Waals surface area contributed by atoms with E-state index in [1.165, 1.54) is 17.0 Å². The van der Waals surface area contributed by atoms with Gasteiger partial charge in [0.2, 0.25) is 0 Å². The molecule has 1 saturated heterocycles. The number of nitrogens with zero attached hydrogens (tertiary/aromatic N) is 2. The maximum Gasteiger partial charge on any atom is 0.288 e. The molecule has 28 heavy (non-hydrogen) atoms. The van der Waals surface area contributed by atoms with Crippen molar-refractivity contribution in [3.8, 4) is 0 Å². The summed E-state index contributed by atoms with van der Waals surface area (Å²) in [6.07, 6.45) is 0.343. The SMILES string of the molecule is Cc1ccc(CN(C(=O)c2ccc(Cl)c([N+](=O)[O-])c2)C2CCS(=O)(=O)C2)cc1. The second-order valence-electron chi connectivity index (χ2n) is 6.90. The molecule has 1 heterocycles. The average molecular weight is 423 g/mol. The van der Waals surface area contributed by atoms with Gasteiger partial charge in [-0.05, 0) is 31.0 Å². The second kappa shape index (κ2) is 7.89. The zero-order valence-electron chi connectivity index (χ0n) is 15.2. The first-order chi connectivity index (χ1) is 13.2. The summed E-state index contributed by atoms with van der Waals surface area (Å²) in [4.78, 5) is 25.2. The number of benzene rings is 2. The second-order valence-corrected chi connectivity index (χ2v) is 9.53. The zero-order chi connectivity index (χ0) is 20.5. The third-order valence-electron chi connectivity index (χ3n) is 4.77. The first kappa shape index (κ1) is 20.3. The van der Waals surface area contributed by atoms with Gasteiger partial charge in [0.15, 0.2) is 9.84 Å². The highest BCUT2D eigenvalue weighted by Gasteiger charge is 2.35. The smallest absolute Gasteiger partial charge is 0.288 e. The molecule has 1 amide bonds. The van der Waals surface area contributed by atoms with Gasteiger partial charge < -0.3 is 4.90 Å². The van der Waals surface area contributed by atoms with E-state index in [0.717, 1.165) is 17.2 Å². The number of rotatable bonds is 5. The van der Waals surface area contributed by atoms with Crippen molar-refractivity contribution in [1.29, 1.82) is 0 Å². The van der Waals surface area contributed by atoms with Crippen molar-refractivity contribution in [3.05, 3.63) is 74.3 Å². The Hall–Kier alpha value is -2.45. The maximum absolute atomic E-state index is 13.2. The fraction of sp³-hybridized carbons (Fsp3) is 0.316. The van der Waals surface area contributed by atoms with Crippen molar-refractivity contribution in [2.45, 2.75) is 25.9 Å². The Kier molecular flexibility index (Phi) is 5.71. The summed E-state index contributed by atoms with van der Waals surface area (Å²) in [6, 6.07) is 11.0. The maximum atomic E-state index is 13.2. The predicted molar refractivity (Wildman–Crippen MR) is 106 cm³/mol. The van der Waals surface area contributed by atoms with Gasteiger partial charge in [-0.1, -0.05) is 41.4 Å². The number of carbonyl (C=O) groups is 1. The molecule has 0 aliphatic carbocycles. The molecular weight excluding hydrogens is 404 g/mol. The van der Waals surface area contributed by atoms with Crippen molar-refractivity contribution < 1.29 is 18.1 Å². The molecule has 0 aromatic heterocycles. The Bertz CT molecular complexity index is 1020. The molecule has 2 aromatic carbocycles. The van der Waals surface area contributed by atoms with Gasteiger partial charge in [-0.25, -0.2) is 8.42 Å². The van der Waals surface area contributed by atoms with Crippen molar-refractivity contribution in [3.63, 3.8) is 0 Å². The van der Waals surface area contributed by atoms with Crippen LogP contribution in [0.2, 0.25) is 5.02 Å². The minimum Gasteiger partial charge on any atom is -0.330 e. The average Bonchev–Trinajstić information content (AvgIpc) is 3.00. The normalized spacial score (nSPS) is 18.0. The first-order valence-electron chi connectivity index (χ1n) is 8.67. The first-order valence-corrected chi connectivity index (χ1v) is 10.9. The molecule has 0 radical (unpaired) electrons. The Morgan fingerprint density at radius 1 is 1.25 bits per heavy atom. The van der Waals surface area contributed by atoms with Crippen LogP contribution < -0.4 is 0 Å². The number of nitro benzene ring substituents is 1. The quantitative estimate of drug-likeness (QED) is 0.543. The number of hydrogen-bond acceptors (Lipinski definition) is 5. The van der Waals surface area contributed by atoms with Crippen LogP contribution in [0.4, 0.5) is 5.69 Å². The lowest BCUT2D eigenvalue weighted by molar-refractivity contribution is -0.384. The topological polar surface area (TPSA) is 97.6 Å². The molecule has 148 valence electrons. The van der Waals surface area contributed by atoms with Crippen LogP contribution in [0.25, 0.3) is 0 Å². The van der Waals surface area contributed by atoms with Crippen LogP contribution in [0.3, 0.4) is 0 Å². The largest absolute Gasteiger partial charge is 0.330 e. The minimum atomic E-state index is -3.21. The van der Waals surface area contributed by atoms with Gasteiger partial charge in [-0.15, -0.1) is 0 Å². The molecule has 0 spiro atoms. The molecule has 0 saturated carbocycles. The number of nitro groups is 1. The van der Waals surface area contributed by atoms with Crippen molar-refractivity contribution >= 4 is 33.0 Å². The molecular formula is C19H19ClN2O5S. The molecule has 3 rings (SSSR count). The number of hydrogen-bond donors (Lipinski definition) is 0. The fourth-order valence-electron chi connectivity index (χ4n) is 3.23. The van der Waals surface area contributed by atoms with E-state index in [2.05, 4.69) is 0 Å². The molecule has 1 unspecified atom stereocenters. The van der Waals surface area contributed by atoms with E-state index in [0.29, 0.717) is 6.42 Å². The van der Waals surface area contributed by atoms with Crippen LogP contribution in [0.15, 0.2) is 42.5 Å². The summed E-state index contributed by atoms with van der Waals surface area (Å²) in [5.74, 6) is -0.543. The third kappa shape index (κ3) is 4.51. The predicted octanol–water partition coefficient (Wildman–Crippen LogP) is 3.39. The van der Waals surface area contributed by atoms with E-state index >= 15 is 0 Å². The van der Waals surface area contributed by atoms with Crippen LogP contribution in [-0.2, 0) is 16.4 Å². The number of halogens is 1. The van der Waals surface area contributed by atoms with Crippen molar-refractivity contribution in [2.75, 3.05) is 11.5 Å². The molecule has 1 aliphatic rings. The van der Waals surface area contributed by atoms with Gasteiger partial charge >= 0.3 is 0 Å². The summed E-state index contributed by atoms with van der Waals surface area (Å²) in [5, 5.41) is 11.1. The molecule has 7 nitrogen and oxygen atoms in total. The van der Waals surface area contributed by atoms with Crippen LogP contribution in [0.5, 0.6) is 0 Å². The zero-order valence-corrected chi connectivity index (χ0v) is 16.7. The van der Waals surface area contributed by atoms with E-state index in [-0.39, 0.29) is 34.3 Å². The summed E-state index contributed by atoms with van der Waals surface area (Å²) < 4.78 is 23.9. The Balaban J connectivity index is 1.96. The fourth-order valence-corrected chi connectivity index (χ4v) is 5.15. The van der Waals surface area contributed by atoms with Crippen LogP contribution in [0.1, 0.15) is 27.9 Å². The van der Waals surface area contributed by atoms with E-state index in [4.69, 9.17) is 11.6 Å².